The van der Waals surface area contributed by atoms with Crippen LogP contribution in [0.3, 0.4) is 0 Å². The summed E-state index contributed by atoms with van der Waals surface area (Å²) in [5, 5.41) is 7.13. The molecule has 7 nitrogen and oxygen atoms in total. The molecule has 37 heavy (non-hydrogen) atoms. The standard InChI is InChI=1S/C24H15F6N5O2/c25-23(26,27)14-9-15(24(28,29)30)11-17(10-14)37-16-3-1-13(2-4-16)21-31-6-5-18(33-21)19-12-20-22(36)32-7-8-35(20)34-19/h1-6,9-12H,7-8H2,(H,32,36). The first-order valence-corrected chi connectivity index (χ1v) is 10.7. The smallest absolute Gasteiger partial charge is 0.416 e. The molecule has 2 aromatic heterocycles. The van der Waals surface area contributed by atoms with Gasteiger partial charge in [-0.25, -0.2) is 9.97 Å². The van der Waals surface area contributed by atoms with Gasteiger partial charge >= 0.3 is 12.4 Å². The van der Waals surface area contributed by atoms with E-state index in [1.807, 2.05) is 0 Å². The number of nitrogens with zero attached hydrogens (tertiary/aromatic N) is 4. The molecule has 0 radical (unpaired) electrons. The fourth-order valence-corrected chi connectivity index (χ4v) is 3.69. The first-order valence-electron chi connectivity index (χ1n) is 10.7. The maximum Gasteiger partial charge on any atom is 0.416 e. The Morgan fingerprint density at radius 1 is 0.838 bits per heavy atom. The third-order valence-corrected chi connectivity index (χ3v) is 5.45. The van der Waals surface area contributed by atoms with Crippen molar-refractivity contribution in [3.63, 3.8) is 0 Å². The highest BCUT2D eigenvalue weighted by Gasteiger charge is 2.37. The van der Waals surface area contributed by atoms with Crippen molar-refractivity contribution in [3.05, 3.63) is 77.6 Å². The lowest BCUT2D eigenvalue weighted by atomic mass is 10.1. The van der Waals surface area contributed by atoms with Gasteiger partial charge in [0.25, 0.3) is 5.91 Å². The minimum absolute atomic E-state index is 0.0140. The number of nitrogens with one attached hydrogen (secondary N) is 1. The predicted molar refractivity (Wildman–Crippen MR) is 118 cm³/mol. The van der Waals surface area contributed by atoms with Gasteiger partial charge in [-0.1, -0.05) is 0 Å². The molecule has 0 atom stereocenters. The van der Waals surface area contributed by atoms with E-state index in [0.29, 0.717) is 47.9 Å². The van der Waals surface area contributed by atoms with Crippen LogP contribution < -0.4 is 10.1 Å². The summed E-state index contributed by atoms with van der Waals surface area (Å²) in [6.07, 6.45) is -8.46. The number of amides is 1. The van der Waals surface area contributed by atoms with E-state index in [0.717, 1.165) is 0 Å². The second kappa shape index (κ2) is 8.91. The van der Waals surface area contributed by atoms with E-state index in [-0.39, 0.29) is 23.5 Å². The lowest BCUT2D eigenvalue weighted by Gasteiger charge is -2.14. The number of carbonyl (C=O) groups excluding carboxylic acids is 1. The molecular weight excluding hydrogens is 504 g/mol. The molecule has 3 heterocycles. The lowest BCUT2D eigenvalue weighted by molar-refractivity contribution is -0.143. The van der Waals surface area contributed by atoms with Crippen molar-refractivity contribution in [2.75, 3.05) is 6.54 Å². The van der Waals surface area contributed by atoms with Crippen LogP contribution in [0.5, 0.6) is 11.5 Å². The summed E-state index contributed by atoms with van der Waals surface area (Å²) >= 11 is 0. The molecule has 1 N–H and O–H groups in total. The maximum absolute atomic E-state index is 13.1. The normalized spacial score (nSPS) is 13.7. The van der Waals surface area contributed by atoms with Gasteiger partial charge in [0.1, 0.15) is 22.9 Å². The van der Waals surface area contributed by atoms with Crippen LogP contribution in [0.2, 0.25) is 0 Å². The Kier molecular flexibility index (Phi) is 5.85. The van der Waals surface area contributed by atoms with Crippen LogP contribution >= 0.6 is 0 Å². The van der Waals surface area contributed by atoms with E-state index in [1.165, 1.54) is 30.5 Å². The first-order chi connectivity index (χ1) is 17.5. The molecule has 0 bridgehead atoms. The van der Waals surface area contributed by atoms with Gasteiger partial charge in [-0.3, -0.25) is 9.48 Å². The summed E-state index contributed by atoms with van der Waals surface area (Å²) in [6.45, 7) is 0.991. The third kappa shape index (κ3) is 5.10. The summed E-state index contributed by atoms with van der Waals surface area (Å²) in [5.41, 5.74) is -1.10. The topological polar surface area (TPSA) is 81.9 Å². The number of hydrogen-bond donors (Lipinski definition) is 1. The van der Waals surface area contributed by atoms with E-state index in [2.05, 4.69) is 20.4 Å². The molecule has 0 saturated heterocycles. The van der Waals surface area contributed by atoms with Crippen molar-refractivity contribution in [1.82, 2.24) is 25.1 Å². The number of ether oxygens (including phenoxy) is 1. The molecule has 4 aromatic rings. The highest BCUT2D eigenvalue weighted by molar-refractivity contribution is 5.94. The van der Waals surface area contributed by atoms with E-state index in [9.17, 15) is 31.1 Å². The van der Waals surface area contributed by atoms with Crippen LogP contribution in [-0.2, 0) is 18.9 Å². The predicted octanol–water partition coefficient (Wildman–Crippen LogP) is 5.58. The number of aromatic nitrogens is 4. The van der Waals surface area contributed by atoms with Crippen LogP contribution in [0.1, 0.15) is 21.6 Å². The minimum Gasteiger partial charge on any atom is -0.457 e. The third-order valence-electron chi connectivity index (χ3n) is 5.45. The number of alkyl halides is 6. The summed E-state index contributed by atoms with van der Waals surface area (Å²) in [6, 6.07) is 10.0. The molecule has 5 rings (SSSR count). The molecule has 0 unspecified atom stereocenters. The Labute approximate surface area is 204 Å². The molecule has 1 aliphatic heterocycles. The SMILES string of the molecule is O=C1NCCn2nc(-c3ccnc(-c4ccc(Oc5cc(C(F)(F)F)cc(C(F)(F)F)c5)cc4)n3)cc21. The molecule has 13 heteroatoms. The van der Waals surface area contributed by atoms with E-state index < -0.39 is 29.2 Å². The van der Waals surface area contributed by atoms with Crippen molar-refractivity contribution in [2.24, 2.45) is 0 Å². The number of rotatable bonds is 4. The van der Waals surface area contributed by atoms with Crippen molar-refractivity contribution in [2.45, 2.75) is 18.9 Å². The van der Waals surface area contributed by atoms with Crippen molar-refractivity contribution in [3.8, 4) is 34.3 Å². The zero-order chi connectivity index (χ0) is 26.4. The van der Waals surface area contributed by atoms with Gasteiger partial charge in [0.05, 0.1) is 23.4 Å². The van der Waals surface area contributed by atoms with Gasteiger partial charge in [0.2, 0.25) is 0 Å². The fourth-order valence-electron chi connectivity index (χ4n) is 3.69. The van der Waals surface area contributed by atoms with E-state index >= 15 is 0 Å². The number of halogens is 6. The maximum atomic E-state index is 13.1. The van der Waals surface area contributed by atoms with Gasteiger partial charge in [0.15, 0.2) is 5.82 Å². The van der Waals surface area contributed by atoms with Crippen molar-refractivity contribution < 1.29 is 35.9 Å². The Hall–Kier alpha value is -4.42. The second-order valence-electron chi connectivity index (χ2n) is 8.03. The average molecular weight is 519 g/mol. The average Bonchev–Trinajstić information content (AvgIpc) is 3.29. The zero-order valence-corrected chi connectivity index (χ0v) is 18.6. The van der Waals surface area contributed by atoms with Gasteiger partial charge in [-0.2, -0.15) is 31.4 Å². The molecule has 1 aliphatic rings. The Bertz CT molecular complexity index is 1450. The first kappa shape index (κ1) is 24.3. The van der Waals surface area contributed by atoms with E-state index in [1.54, 1.807) is 16.8 Å². The van der Waals surface area contributed by atoms with Gasteiger partial charge < -0.3 is 10.1 Å². The Morgan fingerprint density at radius 2 is 1.51 bits per heavy atom. The second-order valence-corrected chi connectivity index (χ2v) is 8.03. The van der Waals surface area contributed by atoms with Crippen LogP contribution in [0, 0.1) is 0 Å². The monoisotopic (exact) mass is 519 g/mol. The summed E-state index contributed by atoms with van der Waals surface area (Å²) in [4.78, 5) is 20.7. The number of fused-ring (bicyclic) bond motifs is 1. The lowest BCUT2D eigenvalue weighted by Crippen LogP contribution is -2.35. The highest BCUT2D eigenvalue weighted by Crippen LogP contribution is 2.39. The number of benzene rings is 2. The molecule has 0 spiro atoms. The zero-order valence-electron chi connectivity index (χ0n) is 18.6. The Balaban J connectivity index is 1.39. The van der Waals surface area contributed by atoms with Gasteiger partial charge in [0, 0.05) is 18.3 Å². The van der Waals surface area contributed by atoms with E-state index in [4.69, 9.17) is 4.74 Å². The molecule has 0 saturated carbocycles. The molecule has 0 fully saturated rings. The van der Waals surface area contributed by atoms with Gasteiger partial charge in [-0.15, -0.1) is 0 Å². The molecular formula is C24H15F6N5O2. The van der Waals surface area contributed by atoms with Gasteiger partial charge in [-0.05, 0) is 54.6 Å². The van der Waals surface area contributed by atoms with Crippen molar-refractivity contribution >= 4 is 5.91 Å². The highest BCUT2D eigenvalue weighted by atomic mass is 19.4. The molecule has 190 valence electrons. The summed E-state index contributed by atoms with van der Waals surface area (Å²) in [5.74, 6) is -0.544. The van der Waals surface area contributed by atoms with Crippen LogP contribution in [-0.4, -0.2) is 32.2 Å². The molecule has 0 aliphatic carbocycles. The summed E-state index contributed by atoms with van der Waals surface area (Å²) in [7, 11) is 0. The summed E-state index contributed by atoms with van der Waals surface area (Å²) < 4.78 is 85.4. The van der Waals surface area contributed by atoms with Crippen LogP contribution in [0.25, 0.3) is 22.8 Å². The number of hydrogen-bond acceptors (Lipinski definition) is 5. The van der Waals surface area contributed by atoms with Crippen LogP contribution in [0.4, 0.5) is 26.3 Å². The quantitative estimate of drug-likeness (QED) is 0.356. The number of carbonyl (C=O) groups is 1. The Morgan fingerprint density at radius 3 is 2.14 bits per heavy atom. The minimum atomic E-state index is -4.98. The van der Waals surface area contributed by atoms with Crippen molar-refractivity contribution in [1.29, 1.82) is 0 Å². The molecule has 2 aromatic carbocycles. The fraction of sp³-hybridized carbons (Fsp3) is 0.167. The molecule has 1 amide bonds. The largest absolute Gasteiger partial charge is 0.457 e. The van der Waals surface area contributed by atoms with Crippen LogP contribution in [0.15, 0.2) is 60.8 Å².